The van der Waals surface area contributed by atoms with Gasteiger partial charge >= 0.3 is 0 Å². The van der Waals surface area contributed by atoms with E-state index in [2.05, 4.69) is 28.9 Å². The lowest BCUT2D eigenvalue weighted by molar-refractivity contribution is -0.142. The van der Waals surface area contributed by atoms with Gasteiger partial charge in [-0.15, -0.1) is 0 Å². The van der Waals surface area contributed by atoms with Gasteiger partial charge < -0.3 is 14.1 Å². The Morgan fingerprint density at radius 2 is 2.11 bits per heavy atom. The topological polar surface area (TPSA) is 45.9 Å². The van der Waals surface area contributed by atoms with Crippen LogP contribution in [0.25, 0.3) is 0 Å². The Morgan fingerprint density at radius 1 is 1.19 bits per heavy atom. The van der Waals surface area contributed by atoms with E-state index in [1.807, 2.05) is 12.3 Å². The van der Waals surface area contributed by atoms with Crippen molar-refractivity contribution in [3.05, 3.63) is 36.3 Å². The average Bonchev–Trinajstić information content (AvgIpc) is 3.10. The second-order valence-electron chi connectivity index (χ2n) is 8.79. The lowest BCUT2D eigenvalue weighted by Gasteiger charge is -2.42. The van der Waals surface area contributed by atoms with Crippen LogP contribution in [0.15, 0.2) is 35.2 Å². The van der Waals surface area contributed by atoms with Gasteiger partial charge in [0.2, 0.25) is 5.91 Å². The highest BCUT2D eigenvalue weighted by atomic mass is 16.5. The van der Waals surface area contributed by atoms with Crippen molar-refractivity contribution in [2.24, 2.45) is 5.41 Å². The third-order valence-corrected chi connectivity index (χ3v) is 6.61. The molecule has 1 amide bonds. The molecule has 0 radical (unpaired) electrons. The fraction of sp³-hybridized carbons (Fsp3) is 0.682. The highest BCUT2D eigenvalue weighted by Gasteiger charge is 2.42. The van der Waals surface area contributed by atoms with Gasteiger partial charge in [0, 0.05) is 38.3 Å². The molecule has 5 nitrogen and oxygen atoms in total. The van der Waals surface area contributed by atoms with Crippen LogP contribution in [0.2, 0.25) is 0 Å². The number of nitrogens with zero attached hydrogens (tertiary/aromatic N) is 2. The molecule has 2 saturated heterocycles. The molecule has 2 fully saturated rings. The van der Waals surface area contributed by atoms with Crippen molar-refractivity contribution in [1.82, 2.24) is 9.80 Å². The Hall–Kier alpha value is -1.59. The molecule has 3 aliphatic rings. The summed E-state index contributed by atoms with van der Waals surface area (Å²) >= 11 is 0. The number of likely N-dealkylation sites (tertiary alicyclic amines) is 1. The molecule has 1 aromatic rings. The first-order chi connectivity index (χ1) is 13.1. The molecule has 1 spiro atoms. The van der Waals surface area contributed by atoms with E-state index in [0.29, 0.717) is 5.91 Å². The van der Waals surface area contributed by atoms with Crippen molar-refractivity contribution < 1.29 is 13.9 Å². The van der Waals surface area contributed by atoms with Gasteiger partial charge in [0.25, 0.3) is 0 Å². The predicted octanol–water partition coefficient (Wildman–Crippen LogP) is 3.61. The zero-order chi connectivity index (χ0) is 18.7. The predicted molar refractivity (Wildman–Crippen MR) is 104 cm³/mol. The van der Waals surface area contributed by atoms with E-state index in [-0.39, 0.29) is 11.0 Å². The zero-order valence-corrected chi connectivity index (χ0v) is 16.5. The number of amides is 1. The molecule has 0 aromatic carbocycles. The number of ether oxygens (including phenoxy) is 1. The van der Waals surface area contributed by atoms with Crippen molar-refractivity contribution in [3.8, 4) is 0 Å². The first-order valence-electron chi connectivity index (χ1n) is 10.4. The zero-order valence-electron chi connectivity index (χ0n) is 16.5. The van der Waals surface area contributed by atoms with Crippen molar-refractivity contribution in [2.45, 2.75) is 57.6 Å². The smallest absolute Gasteiger partial charge is 0.228 e. The van der Waals surface area contributed by atoms with E-state index in [1.54, 1.807) is 6.26 Å². The van der Waals surface area contributed by atoms with Gasteiger partial charge in [-0.2, -0.15) is 0 Å². The molecule has 2 atom stereocenters. The fourth-order valence-corrected chi connectivity index (χ4v) is 4.91. The maximum absolute atomic E-state index is 13.2. The molecular formula is C22H32N2O3. The van der Waals surface area contributed by atoms with Gasteiger partial charge in [0.05, 0.1) is 30.1 Å². The number of carbonyl (C=O) groups excluding carboxylic acids is 1. The molecule has 27 heavy (non-hydrogen) atoms. The van der Waals surface area contributed by atoms with Crippen molar-refractivity contribution in [3.63, 3.8) is 0 Å². The third kappa shape index (κ3) is 4.14. The normalized spacial score (nSPS) is 32.6. The van der Waals surface area contributed by atoms with Crippen LogP contribution in [-0.4, -0.2) is 54.1 Å². The largest absolute Gasteiger partial charge is 0.472 e. The standard InChI is InChI=1S/C22H32N2O3/c1-21(7-3-2-4-8-21)20(25)24-11-5-9-22(10-12-24)18-23(13-15-27-22)16-19-6-14-26-17-19/h2-3,6,14,17H,4-5,7-13,15-16,18H2,1H3. The number of hydrogen-bond acceptors (Lipinski definition) is 4. The summed E-state index contributed by atoms with van der Waals surface area (Å²) < 4.78 is 11.5. The van der Waals surface area contributed by atoms with Gasteiger partial charge in [-0.05, 0) is 44.6 Å². The summed E-state index contributed by atoms with van der Waals surface area (Å²) in [5.41, 5.74) is 0.896. The second kappa shape index (κ2) is 7.80. The summed E-state index contributed by atoms with van der Waals surface area (Å²) in [6, 6.07) is 2.04. The van der Waals surface area contributed by atoms with Gasteiger partial charge in [0.15, 0.2) is 0 Å². The van der Waals surface area contributed by atoms with Gasteiger partial charge in [-0.25, -0.2) is 0 Å². The molecule has 0 saturated carbocycles. The molecular weight excluding hydrogens is 340 g/mol. The van der Waals surface area contributed by atoms with E-state index in [0.717, 1.165) is 77.9 Å². The summed E-state index contributed by atoms with van der Waals surface area (Å²) in [4.78, 5) is 17.8. The molecule has 2 unspecified atom stereocenters. The van der Waals surface area contributed by atoms with Crippen molar-refractivity contribution >= 4 is 5.91 Å². The maximum atomic E-state index is 13.2. The number of carbonyl (C=O) groups is 1. The van der Waals surface area contributed by atoms with E-state index in [9.17, 15) is 4.79 Å². The minimum Gasteiger partial charge on any atom is -0.472 e. The Kier molecular flexibility index (Phi) is 5.42. The fourth-order valence-electron chi connectivity index (χ4n) is 4.91. The Morgan fingerprint density at radius 3 is 2.89 bits per heavy atom. The first kappa shape index (κ1) is 18.8. The van der Waals surface area contributed by atoms with Crippen LogP contribution < -0.4 is 0 Å². The summed E-state index contributed by atoms with van der Waals surface area (Å²) in [6.45, 7) is 7.41. The minimum atomic E-state index is -0.215. The van der Waals surface area contributed by atoms with Crippen LogP contribution in [0.1, 0.15) is 51.0 Å². The summed E-state index contributed by atoms with van der Waals surface area (Å²) in [5.74, 6) is 0.343. The van der Waals surface area contributed by atoms with Crippen molar-refractivity contribution in [1.29, 1.82) is 0 Å². The third-order valence-electron chi connectivity index (χ3n) is 6.61. The highest BCUT2D eigenvalue weighted by molar-refractivity contribution is 5.82. The Balaban J connectivity index is 1.38. The number of allylic oxidation sites excluding steroid dienone is 2. The molecule has 0 bridgehead atoms. The molecule has 5 heteroatoms. The van der Waals surface area contributed by atoms with E-state index >= 15 is 0 Å². The SMILES string of the molecule is CC1(C(=O)N2CCCC3(CC2)CN(Cc2ccoc2)CCO3)CC=CCC1. The van der Waals surface area contributed by atoms with E-state index in [4.69, 9.17) is 9.15 Å². The van der Waals surface area contributed by atoms with Crippen LogP contribution in [0, 0.1) is 5.41 Å². The monoisotopic (exact) mass is 372 g/mol. The Labute approximate surface area is 162 Å². The average molecular weight is 373 g/mol. The lowest BCUT2D eigenvalue weighted by atomic mass is 9.77. The van der Waals surface area contributed by atoms with Gasteiger partial charge in [-0.1, -0.05) is 19.1 Å². The summed E-state index contributed by atoms with van der Waals surface area (Å²) in [5, 5.41) is 0. The molecule has 0 N–H and O–H groups in total. The van der Waals surface area contributed by atoms with E-state index in [1.165, 1.54) is 5.56 Å². The van der Waals surface area contributed by atoms with Gasteiger partial charge in [-0.3, -0.25) is 9.69 Å². The van der Waals surface area contributed by atoms with E-state index < -0.39 is 0 Å². The summed E-state index contributed by atoms with van der Waals surface area (Å²) in [6.07, 6.45) is 13.8. The molecule has 148 valence electrons. The van der Waals surface area contributed by atoms with Crippen molar-refractivity contribution in [2.75, 3.05) is 32.8 Å². The quantitative estimate of drug-likeness (QED) is 0.761. The molecule has 2 aliphatic heterocycles. The van der Waals surface area contributed by atoms with Crippen LogP contribution in [0.3, 0.4) is 0 Å². The van der Waals surface area contributed by atoms with Crippen LogP contribution in [0.4, 0.5) is 0 Å². The number of rotatable bonds is 3. The van der Waals surface area contributed by atoms with Crippen LogP contribution in [0.5, 0.6) is 0 Å². The molecule has 1 aromatic heterocycles. The van der Waals surface area contributed by atoms with Crippen LogP contribution in [-0.2, 0) is 16.1 Å². The lowest BCUT2D eigenvalue weighted by Crippen LogP contribution is -2.52. The molecule has 3 heterocycles. The summed E-state index contributed by atoms with van der Waals surface area (Å²) in [7, 11) is 0. The molecule has 4 rings (SSSR count). The maximum Gasteiger partial charge on any atom is 0.228 e. The number of hydrogen-bond donors (Lipinski definition) is 0. The molecule has 1 aliphatic carbocycles. The number of furan rings is 1. The Bertz CT molecular complexity index is 671. The minimum absolute atomic E-state index is 0.107. The first-order valence-corrected chi connectivity index (χ1v) is 10.4. The van der Waals surface area contributed by atoms with Crippen LogP contribution >= 0.6 is 0 Å². The second-order valence-corrected chi connectivity index (χ2v) is 8.79. The highest BCUT2D eigenvalue weighted by Crippen LogP contribution is 2.36. The number of morpholine rings is 1. The van der Waals surface area contributed by atoms with Gasteiger partial charge in [0.1, 0.15) is 0 Å².